The van der Waals surface area contributed by atoms with E-state index < -0.39 is 12.6 Å². The van der Waals surface area contributed by atoms with E-state index in [1.807, 2.05) is 12.2 Å². The van der Waals surface area contributed by atoms with Crippen molar-refractivity contribution >= 4 is 0 Å². The first kappa shape index (κ1) is 50.2. The molecule has 0 aromatic rings. The van der Waals surface area contributed by atoms with Gasteiger partial charge < -0.3 is 33.2 Å². The van der Waals surface area contributed by atoms with Gasteiger partial charge >= 0.3 is 0 Å². The first-order valence-electron chi connectivity index (χ1n) is 21.7. The van der Waals surface area contributed by atoms with Crippen molar-refractivity contribution in [2.24, 2.45) is 0 Å². The van der Waals surface area contributed by atoms with Crippen molar-refractivity contribution in [1.82, 2.24) is 0 Å². The molecule has 0 saturated heterocycles. The van der Waals surface area contributed by atoms with Gasteiger partial charge in [0.05, 0.1) is 0 Å². The van der Waals surface area contributed by atoms with Crippen LogP contribution in [0.25, 0.3) is 0 Å². The highest BCUT2D eigenvalue weighted by Crippen LogP contribution is 2.15. The van der Waals surface area contributed by atoms with Gasteiger partial charge in [0.2, 0.25) is 0 Å². The molecule has 0 fully saturated rings. The fourth-order valence-electron chi connectivity index (χ4n) is 5.81. The number of hydrogen-bond acceptors (Lipinski definition) is 7. The molecule has 0 spiro atoms. The normalized spacial score (nSPS) is 13.5. The summed E-state index contributed by atoms with van der Waals surface area (Å²) in [6, 6.07) is 0. The van der Waals surface area contributed by atoms with Crippen LogP contribution in [0.5, 0.6) is 0 Å². The van der Waals surface area contributed by atoms with Crippen LogP contribution in [0.15, 0.2) is 24.3 Å². The fourth-order valence-corrected chi connectivity index (χ4v) is 5.81. The van der Waals surface area contributed by atoms with Gasteiger partial charge in [0.1, 0.15) is 0 Å². The molecule has 0 amide bonds. The molecule has 0 rings (SSSR count). The van der Waals surface area contributed by atoms with Crippen LogP contribution in [-0.4, -0.2) is 65.8 Å². The topological polar surface area (TPSA) is 64.6 Å². The molecule has 7 nitrogen and oxygen atoms in total. The SMILES string of the molecule is CCCCCCOC(CCCCCC=CC(OC)OC(C=CCCCCCC(OCCCCCC)OCCCCCC)OC)OCCCCCC. The Morgan fingerprint density at radius 2 is 0.686 bits per heavy atom. The quantitative estimate of drug-likeness (QED) is 0.0352. The molecule has 0 radical (unpaired) electrons. The summed E-state index contributed by atoms with van der Waals surface area (Å²) in [4.78, 5) is 0. The van der Waals surface area contributed by atoms with Crippen molar-refractivity contribution in [3.05, 3.63) is 24.3 Å². The minimum absolute atomic E-state index is 0.0598. The molecule has 304 valence electrons. The largest absolute Gasteiger partial charge is 0.353 e. The van der Waals surface area contributed by atoms with Gasteiger partial charge in [-0.15, -0.1) is 0 Å². The molecule has 0 aliphatic carbocycles. The van der Waals surface area contributed by atoms with Crippen molar-refractivity contribution in [3.8, 4) is 0 Å². The summed E-state index contributed by atoms with van der Waals surface area (Å²) in [7, 11) is 3.35. The maximum Gasteiger partial charge on any atom is 0.179 e. The van der Waals surface area contributed by atoms with Gasteiger partial charge in [-0.1, -0.05) is 130 Å². The van der Waals surface area contributed by atoms with Gasteiger partial charge in [-0.3, -0.25) is 0 Å². The molecule has 0 aliphatic heterocycles. The van der Waals surface area contributed by atoms with Crippen LogP contribution in [0, 0.1) is 0 Å². The first-order chi connectivity index (χ1) is 25.1. The van der Waals surface area contributed by atoms with Crippen molar-refractivity contribution in [2.45, 2.75) is 220 Å². The lowest BCUT2D eigenvalue weighted by molar-refractivity contribution is -0.188. The zero-order valence-corrected chi connectivity index (χ0v) is 34.7. The standard InChI is InChI=1S/C44H86O7/c1-7-11-15-29-37-47-43(48-38-30-16-12-8-2)35-27-23-19-21-25-33-41(45-5)51-42(46-6)34-26-22-20-24-28-36-44(49-39-31-17-13-9-3)50-40-32-18-14-10-4/h25-26,33-34,41-44H,7-24,27-32,35-40H2,1-6H3. The van der Waals surface area contributed by atoms with Crippen LogP contribution >= 0.6 is 0 Å². The number of unbranched alkanes of at least 4 members (excludes halogenated alkanes) is 18. The lowest BCUT2D eigenvalue weighted by Crippen LogP contribution is -2.22. The fraction of sp³-hybridized carbons (Fsp3) is 0.909. The molecule has 0 N–H and O–H groups in total. The smallest absolute Gasteiger partial charge is 0.179 e. The average Bonchev–Trinajstić information content (AvgIpc) is 3.14. The molecule has 0 heterocycles. The third kappa shape index (κ3) is 36.0. The van der Waals surface area contributed by atoms with Crippen LogP contribution in [-0.2, 0) is 33.2 Å². The van der Waals surface area contributed by atoms with E-state index in [2.05, 4.69) is 39.8 Å². The van der Waals surface area contributed by atoms with E-state index in [0.717, 1.165) is 116 Å². The van der Waals surface area contributed by atoms with Crippen molar-refractivity contribution in [1.29, 1.82) is 0 Å². The van der Waals surface area contributed by atoms with Gasteiger partial charge in [0, 0.05) is 40.6 Å². The molecule has 51 heavy (non-hydrogen) atoms. The third-order valence-corrected chi connectivity index (χ3v) is 9.15. The summed E-state index contributed by atoms with van der Waals surface area (Å²) < 4.78 is 41.6. The van der Waals surface area contributed by atoms with E-state index in [4.69, 9.17) is 33.2 Å². The molecule has 2 unspecified atom stereocenters. The Morgan fingerprint density at radius 1 is 0.373 bits per heavy atom. The molecule has 7 heteroatoms. The zero-order valence-electron chi connectivity index (χ0n) is 34.7. The highest BCUT2D eigenvalue weighted by molar-refractivity contribution is 4.89. The summed E-state index contributed by atoms with van der Waals surface area (Å²) in [6.45, 7) is 12.2. The molecule has 0 bridgehead atoms. The molecular formula is C44H86O7. The van der Waals surface area contributed by atoms with Crippen LogP contribution in [0.4, 0.5) is 0 Å². The van der Waals surface area contributed by atoms with E-state index >= 15 is 0 Å². The Kier molecular flexibility index (Phi) is 41.3. The van der Waals surface area contributed by atoms with E-state index in [0.29, 0.717) is 0 Å². The number of methoxy groups -OCH3 is 2. The van der Waals surface area contributed by atoms with Gasteiger partial charge in [-0.2, -0.15) is 0 Å². The summed E-state index contributed by atoms with van der Waals surface area (Å²) in [5, 5.41) is 0. The summed E-state index contributed by atoms with van der Waals surface area (Å²) in [5.41, 5.74) is 0. The van der Waals surface area contributed by atoms with E-state index in [1.165, 1.54) is 77.0 Å². The minimum Gasteiger partial charge on any atom is -0.353 e. The predicted octanol–water partition coefficient (Wildman–Crippen LogP) is 13.0. The third-order valence-electron chi connectivity index (χ3n) is 9.15. The first-order valence-corrected chi connectivity index (χ1v) is 21.7. The highest BCUT2D eigenvalue weighted by atomic mass is 16.8. The predicted molar refractivity (Wildman–Crippen MR) is 215 cm³/mol. The van der Waals surface area contributed by atoms with Crippen LogP contribution < -0.4 is 0 Å². The Hall–Kier alpha value is -0.800. The number of rotatable bonds is 42. The van der Waals surface area contributed by atoms with Crippen LogP contribution in [0.2, 0.25) is 0 Å². The zero-order chi connectivity index (χ0) is 37.3. The second kappa shape index (κ2) is 41.9. The van der Waals surface area contributed by atoms with E-state index in [1.54, 1.807) is 14.2 Å². The van der Waals surface area contributed by atoms with E-state index in [-0.39, 0.29) is 12.6 Å². The second-order valence-electron chi connectivity index (χ2n) is 14.1. The molecule has 0 aromatic heterocycles. The van der Waals surface area contributed by atoms with Crippen molar-refractivity contribution in [3.63, 3.8) is 0 Å². The Balaban J connectivity index is 4.34. The van der Waals surface area contributed by atoms with Gasteiger partial charge in [-0.05, 0) is 89.2 Å². The van der Waals surface area contributed by atoms with Crippen LogP contribution in [0.1, 0.15) is 195 Å². The van der Waals surface area contributed by atoms with Gasteiger partial charge in [-0.25, -0.2) is 0 Å². The Bertz CT molecular complexity index is 630. The van der Waals surface area contributed by atoms with Crippen LogP contribution in [0.3, 0.4) is 0 Å². The van der Waals surface area contributed by atoms with Crippen molar-refractivity contribution in [2.75, 3.05) is 40.6 Å². The minimum atomic E-state index is -0.438. The Morgan fingerprint density at radius 3 is 0.980 bits per heavy atom. The number of allylic oxidation sites excluding steroid dienone is 2. The highest BCUT2D eigenvalue weighted by Gasteiger charge is 2.12. The molecule has 0 aliphatic rings. The van der Waals surface area contributed by atoms with Gasteiger partial charge in [0.25, 0.3) is 0 Å². The number of hydrogen-bond donors (Lipinski definition) is 0. The Labute approximate surface area is 317 Å². The van der Waals surface area contributed by atoms with Gasteiger partial charge in [0.15, 0.2) is 25.2 Å². The summed E-state index contributed by atoms with van der Waals surface area (Å²) >= 11 is 0. The second-order valence-corrected chi connectivity index (χ2v) is 14.1. The summed E-state index contributed by atoms with van der Waals surface area (Å²) in [5.74, 6) is 0. The maximum absolute atomic E-state index is 6.12. The maximum atomic E-state index is 6.12. The molecule has 2 atom stereocenters. The van der Waals surface area contributed by atoms with E-state index in [9.17, 15) is 0 Å². The lowest BCUT2D eigenvalue weighted by atomic mass is 10.1. The molecule has 0 saturated carbocycles. The van der Waals surface area contributed by atoms with Crippen molar-refractivity contribution < 1.29 is 33.2 Å². The number of ether oxygens (including phenoxy) is 7. The average molecular weight is 727 g/mol. The monoisotopic (exact) mass is 727 g/mol. The molecular weight excluding hydrogens is 640 g/mol. The molecule has 0 aromatic carbocycles. The lowest BCUT2D eigenvalue weighted by Gasteiger charge is -2.19. The summed E-state index contributed by atoms with van der Waals surface area (Å²) in [6.07, 6.45) is 37.6.